The number of carbonyl (C=O) groups is 4. The lowest BCUT2D eigenvalue weighted by molar-refractivity contribution is -0.155. The molecule has 0 aromatic heterocycles. The van der Waals surface area contributed by atoms with E-state index >= 15 is 0 Å². The van der Waals surface area contributed by atoms with E-state index in [1.54, 1.807) is 19.9 Å². The quantitative estimate of drug-likeness (QED) is 0.320. The summed E-state index contributed by atoms with van der Waals surface area (Å²) in [5.74, 6) is -8.25. The lowest BCUT2D eigenvalue weighted by Gasteiger charge is -2.50. The number of nitrogens with two attached hydrogens (primary N) is 1. The number of Topliss-reactive ketones (excluding diaryl/α,β-unsaturated/α-hetero) is 2. The summed E-state index contributed by atoms with van der Waals surface area (Å²) in [5, 5.41) is 47.6. The molecule has 0 saturated heterocycles. The van der Waals surface area contributed by atoms with Gasteiger partial charge in [0.15, 0.2) is 11.4 Å². The second-order valence-electron chi connectivity index (χ2n) is 10.5. The molecule has 4 rings (SSSR count). The SMILES string of the molecule is CCc1cc(CNC(C)=O)c(O)c2c1C[C@H]1C[C@H]3[C@H](C(C)C)C(=O)C(C(N)=O)=C(O)[C@@]3(O)C(=O)C1=C2O. The first-order chi connectivity index (χ1) is 17.3. The molecule has 0 radical (unpaired) electrons. The fourth-order valence-corrected chi connectivity index (χ4v) is 6.36. The molecule has 37 heavy (non-hydrogen) atoms. The lowest BCUT2D eigenvalue weighted by Crippen LogP contribution is -2.62. The first-order valence-electron chi connectivity index (χ1n) is 12.4. The van der Waals surface area contributed by atoms with Crippen molar-refractivity contribution in [2.75, 3.05) is 0 Å². The topological polar surface area (TPSA) is 187 Å². The Balaban J connectivity index is 1.95. The van der Waals surface area contributed by atoms with Gasteiger partial charge in [-0.1, -0.05) is 26.8 Å². The van der Waals surface area contributed by atoms with Gasteiger partial charge in [0, 0.05) is 36.4 Å². The second kappa shape index (κ2) is 9.02. The average Bonchev–Trinajstić information content (AvgIpc) is 2.80. The van der Waals surface area contributed by atoms with Crippen LogP contribution in [-0.4, -0.2) is 49.4 Å². The molecular formula is C27H32N2O8. The van der Waals surface area contributed by atoms with Gasteiger partial charge in [-0.2, -0.15) is 0 Å². The highest BCUT2D eigenvalue weighted by Crippen LogP contribution is 2.55. The van der Waals surface area contributed by atoms with Crippen LogP contribution in [-0.2, 0) is 38.6 Å². The van der Waals surface area contributed by atoms with Gasteiger partial charge >= 0.3 is 0 Å². The van der Waals surface area contributed by atoms with Crippen molar-refractivity contribution >= 4 is 29.1 Å². The van der Waals surface area contributed by atoms with Crippen LogP contribution in [0.2, 0.25) is 0 Å². The maximum atomic E-state index is 13.9. The molecule has 0 bridgehead atoms. The monoisotopic (exact) mass is 512 g/mol. The minimum absolute atomic E-state index is 0.00285. The highest BCUT2D eigenvalue weighted by molar-refractivity contribution is 6.23. The van der Waals surface area contributed by atoms with E-state index in [0.717, 1.165) is 5.56 Å². The Morgan fingerprint density at radius 3 is 2.38 bits per heavy atom. The normalized spacial score (nSPS) is 27.1. The fourth-order valence-electron chi connectivity index (χ4n) is 6.36. The Labute approximate surface area is 213 Å². The molecule has 2 amide bonds. The van der Waals surface area contributed by atoms with Crippen LogP contribution in [0.4, 0.5) is 0 Å². The van der Waals surface area contributed by atoms with E-state index < -0.39 is 57.9 Å². The van der Waals surface area contributed by atoms with Crippen molar-refractivity contribution in [3.8, 4) is 5.75 Å². The van der Waals surface area contributed by atoms with Crippen LogP contribution in [0.5, 0.6) is 5.75 Å². The third kappa shape index (κ3) is 3.73. The molecule has 7 N–H and O–H groups in total. The molecule has 4 atom stereocenters. The van der Waals surface area contributed by atoms with Gasteiger partial charge in [-0.25, -0.2) is 0 Å². The lowest BCUT2D eigenvalue weighted by atomic mass is 9.54. The van der Waals surface area contributed by atoms with Crippen molar-refractivity contribution in [2.24, 2.45) is 29.4 Å². The molecule has 198 valence electrons. The molecule has 0 unspecified atom stereocenters. The predicted molar refractivity (Wildman–Crippen MR) is 132 cm³/mol. The molecule has 1 aromatic carbocycles. The number of fused-ring (bicyclic) bond motifs is 3. The summed E-state index contributed by atoms with van der Waals surface area (Å²) in [6.07, 6.45) is 0.866. The number of phenols is 1. The fraction of sp³-hybridized carbons (Fsp3) is 0.481. The van der Waals surface area contributed by atoms with E-state index in [-0.39, 0.29) is 48.1 Å². The summed E-state index contributed by atoms with van der Waals surface area (Å²) >= 11 is 0. The number of ketones is 2. The maximum absolute atomic E-state index is 13.9. The Hall–Kier alpha value is -3.66. The van der Waals surface area contributed by atoms with Crippen molar-refractivity contribution in [1.82, 2.24) is 5.32 Å². The number of hydrogen-bond acceptors (Lipinski definition) is 8. The van der Waals surface area contributed by atoms with Crippen LogP contribution in [0.3, 0.4) is 0 Å². The smallest absolute Gasteiger partial charge is 0.255 e. The van der Waals surface area contributed by atoms with Gasteiger partial charge < -0.3 is 31.5 Å². The number of nitrogens with one attached hydrogen (secondary N) is 1. The number of hydrogen-bond donors (Lipinski definition) is 6. The van der Waals surface area contributed by atoms with Crippen LogP contribution in [0, 0.1) is 23.7 Å². The van der Waals surface area contributed by atoms with Gasteiger partial charge in [0.1, 0.15) is 22.8 Å². The van der Waals surface area contributed by atoms with Crippen LogP contribution in [0.1, 0.15) is 56.4 Å². The molecule has 10 nitrogen and oxygen atoms in total. The third-order valence-electron chi connectivity index (χ3n) is 8.05. The van der Waals surface area contributed by atoms with Gasteiger partial charge in [0.2, 0.25) is 11.7 Å². The van der Waals surface area contributed by atoms with Gasteiger partial charge in [0.25, 0.3) is 5.91 Å². The van der Waals surface area contributed by atoms with E-state index in [2.05, 4.69) is 5.32 Å². The molecule has 1 saturated carbocycles. The first-order valence-corrected chi connectivity index (χ1v) is 12.4. The van der Waals surface area contributed by atoms with Crippen molar-refractivity contribution in [2.45, 2.75) is 59.1 Å². The number of phenolic OH excluding ortho intramolecular Hbond substituents is 1. The summed E-state index contributed by atoms with van der Waals surface area (Å²) in [7, 11) is 0. The Bertz CT molecular complexity index is 1310. The van der Waals surface area contributed by atoms with Crippen molar-refractivity contribution in [3.05, 3.63) is 45.2 Å². The standard InChI is InChI=1S/C27H32N2O8/c1-5-12-6-14(9-29-11(4)30)21(31)19-15(12)7-13-8-16-17(10(2)3)22(32)20(26(28)36)25(35)27(16,37)24(34)18(13)23(19)33/h6,10,13,16-17,31,33,35,37H,5,7-9H2,1-4H3,(H2,28,36)(H,29,30)/t13-,16-,17-,27-/m0/s1. The first kappa shape index (κ1) is 26.4. The molecule has 0 heterocycles. The zero-order chi connectivity index (χ0) is 27.6. The number of rotatable bonds is 5. The van der Waals surface area contributed by atoms with Gasteiger partial charge in [-0.05, 0) is 42.2 Å². The summed E-state index contributed by atoms with van der Waals surface area (Å²) in [6, 6.07) is 1.75. The van der Waals surface area contributed by atoms with Crippen LogP contribution in [0.15, 0.2) is 23.0 Å². The summed E-state index contributed by atoms with van der Waals surface area (Å²) in [6.45, 7) is 6.67. The van der Waals surface area contributed by atoms with E-state index in [4.69, 9.17) is 5.73 Å². The van der Waals surface area contributed by atoms with E-state index in [0.29, 0.717) is 17.5 Å². The molecular weight excluding hydrogens is 480 g/mol. The number of aromatic hydroxyl groups is 1. The Morgan fingerprint density at radius 1 is 1.19 bits per heavy atom. The third-order valence-corrected chi connectivity index (χ3v) is 8.05. The Morgan fingerprint density at radius 2 is 1.84 bits per heavy atom. The number of carbonyl (C=O) groups excluding carboxylic acids is 4. The molecule has 3 aliphatic carbocycles. The van der Waals surface area contributed by atoms with Crippen LogP contribution >= 0.6 is 0 Å². The number of aryl methyl sites for hydroxylation is 1. The van der Waals surface area contributed by atoms with Gasteiger partial charge in [-0.15, -0.1) is 0 Å². The molecule has 0 aliphatic heterocycles. The van der Waals surface area contributed by atoms with E-state index in [1.165, 1.54) is 6.92 Å². The largest absolute Gasteiger partial charge is 0.508 e. The van der Waals surface area contributed by atoms with Crippen LogP contribution < -0.4 is 11.1 Å². The van der Waals surface area contributed by atoms with Crippen molar-refractivity contribution < 1.29 is 39.6 Å². The molecule has 10 heteroatoms. The zero-order valence-electron chi connectivity index (χ0n) is 21.2. The highest BCUT2D eigenvalue weighted by atomic mass is 16.3. The molecule has 1 fully saturated rings. The van der Waals surface area contributed by atoms with E-state index in [9.17, 15) is 39.6 Å². The predicted octanol–water partition coefficient (Wildman–Crippen LogP) is 1.50. The second-order valence-corrected chi connectivity index (χ2v) is 10.5. The molecule has 1 aromatic rings. The molecule has 0 spiro atoms. The maximum Gasteiger partial charge on any atom is 0.255 e. The number of aliphatic hydroxyl groups is 3. The van der Waals surface area contributed by atoms with Gasteiger partial charge in [0.05, 0.1) is 5.56 Å². The number of primary amides is 1. The van der Waals surface area contributed by atoms with Crippen molar-refractivity contribution in [3.63, 3.8) is 0 Å². The number of benzene rings is 1. The minimum Gasteiger partial charge on any atom is -0.508 e. The number of amides is 2. The average molecular weight is 513 g/mol. The Kier molecular flexibility index (Phi) is 6.44. The number of aliphatic hydroxyl groups excluding tert-OH is 2. The minimum atomic E-state index is -2.64. The highest BCUT2D eigenvalue weighted by Gasteiger charge is 2.64. The summed E-state index contributed by atoms with van der Waals surface area (Å²) < 4.78 is 0. The van der Waals surface area contributed by atoms with Crippen LogP contribution in [0.25, 0.3) is 5.76 Å². The zero-order valence-corrected chi connectivity index (χ0v) is 21.2. The van der Waals surface area contributed by atoms with Gasteiger partial charge in [-0.3, -0.25) is 19.2 Å². The summed E-state index contributed by atoms with van der Waals surface area (Å²) in [5.41, 5.74) is 3.54. The van der Waals surface area contributed by atoms with Crippen molar-refractivity contribution in [1.29, 1.82) is 0 Å². The van der Waals surface area contributed by atoms with E-state index in [1.807, 2.05) is 6.92 Å². The summed E-state index contributed by atoms with van der Waals surface area (Å²) in [4.78, 5) is 50.6. The molecule has 3 aliphatic rings.